The van der Waals surface area contributed by atoms with E-state index in [0.717, 1.165) is 22.8 Å². The molecule has 0 radical (unpaired) electrons. The second-order valence-corrected chi connectivity index (χ2v) is 8.08. The minimum atomic E-state index is -0.649. The van der Waals surface area contributed by atoms with E-state index >= 15 is 0 Å². The zero-order valence-corrected chi connectivity index (χ0v) is 16.8. The lowest BCUT2D eigenvalue weighted by Gasteiger charge is -2.06. The molecule has 0 bridgehead atoms. The molecular weight excluding hydrogens is 412 g/mol. The van der Waals surface area contributed by atoms with Gasteiger partial charge < -0.3 is 10.1 Å². The summed E-state index contributed by atoms with van der Waals surface area (Å²) >= 11 is 7.08. The SMILES string of the molecule is Cc1cc(C(=O)CC2SC(N=Nc3c(O)[nH]c4ccccc34)=NC2=O)ccc1Cl. The van der Waals surface area contributed by atoms with Crippen molar-refractivity contribution in [2.75, 3.05) is 0 Å². The fraction of sp³-hybridized carbons (Fsp3) is 0.150. The van der Waals surface area contributed by atoms with Crippen molar-refractivity contribution in [3.8, 4) is 5.88 Å². The van der Waals surface area contributed by atoms with E-state index in [1.165, 1.54) is 0 Å². The number of hydrogen-bond donors (Lipinski definition) is 2. The lowest BCUT2D eigenvalue weighted by atomic mass is 10.0. The molecule has 2 heterocycles. The first kappa shape index (κ1) is 19.4. The summed E-state index contributed by atoms with van der Waals surface area (Å²) in [6.07, 6.45) is 0.00538. The number of Topliss-reactive ketones (excluding diaryl/α,β-unsaturated/α-hetero) is 1. The van der Waals surface area contributed by atoms with Gasteiger partial charge in [-0.3, -0.25) is 9.59 Å². The number of azo groups is 1. The summed E-state index contributed by atoms with van der Waals surface area (Å²) < 4.78 is 0. The van der Waals surface area contributed by atoms with Gasteiger partial charge in [0, 0.05) is 22.4 Å². The number of halogens is 1. The van der Waals surface area contributed by atoms with Crippen LogP contribution in [-0.4, -0.2) is 32.2 Å². The van der Waals surface area contributed by atoms with Crippen LogP contribution in [0.3, 0.4) is 0 Å². The van der Waals surface area contributed by atoms with Crippen LogP contribution in [0.4, 0.5) is 5.69 Å². The Bertz CT molecular complexity index is 1200. The number of rotatable bonds is 4. The van der Waals surface area contributed by atoms with Crippen LogP contribution < -0.4 is 0 Å². The molecular formula is C20H15ClN4O3S. The number of aromatic nitrogens is 1. The van der Waals surface area contributed by atoms with Crippen molar-refractivity contribution in [1.29, 1.82) is 0 Å². The van der Waals surface area contributed by atoms with Crippen molar-refractivity contribution in [3.63, 3.8) is 0 Å². The number of para-hydroxylation sites is 1. The Morgan fingerprint density at radius 3 is 2.86 bits per heavy atom. The third-order valence-corrected chi connectivity index (χ3v) is 5.94. The number of fused-ring (bicyclic) bond motifs is 1. The Balaban J connectivity index is 1.46. The van der Waals surface area contributed by atoms with Crippen LogP contribution >= 0.6 is 23.4 Å². The van der Waals surface area contributed by atoms with Crippen molar-refractivity contribution >= 4 is 56.8 Å². The van der Waals surface area contributed by atoms with Gasteiger partial charge in [-0.15, -0.1) is 10.2 Å². The van der Waals surface area contributed by atoms with Crippen LogP contribution in [0.5, 0.6) is 5.88 Å². The smallest absolute Gasteiger partial charge is 0.262 e. The van der Waals surface area contributed by atoms with Gasteiger partial charge in [0.25, 0.3) is 5.91 Å². The first-order valence-electron chi connectivity index (χ1n) is 8.72. The van der Waals surface area contributed by atoms with E-state index in [2.05, 4.69) is 20.2 Å². The summed E-state index contributed by atoms with van der Waals surface area (Å²) in [6, 6.07) is 12.3. The molecule has 1 atom stereocenters. The average Bonchev–Trinajstić information content (AvgIpc) is 3.20. The summed E-state index contributed by atoms with van der Waals surface area (Å²) in [6.45, 7) is 1.82. The summed E-state index contributed by atoms with van der Waals surface area (Å²) in [4.78, 5) is 31.4. The molecule has 1 amide bonds. The number of amides is 1. The predicted octanol–water partition coefficient (Wildman–Crippen LogP) is 5.19. The molecule has 1 aliphatic rings. The van der Waals surface area contributed by atoms with E-state index in [9.17, 15) is 14.7 Å². The Kier molecular flexibility index (Phi) is 5.21. The van der Waals surface area contributed by atoms with Crippen molar-refractivity contribution < 1.29 is 14.7 Å². The third kappa shape index (κ3) is 3.94. The van der Waals surface area contributed by atoms with Crippen molar-refractivity contribution in [2.45, 2.75) is 18.6 Å². The van der Waals surface area contributed by atoms with Gasteiger partial charge in [0.1, 0.15) is 5.25 Å². The average molecular weight is 427 g/mol. The molecule has 1 unspecified atom stereocenters. The van der Waals surface area contributed by atoms with Crippen LogP contribution in [-0.2, 0) is 4.79 Å². The molecule has 7 nitrogen and oxygen atoms in total. The number of thioether (sulfide) groups is 1. The zero-order chi connectivity index (χ0) is 20.5. The van der Waals surface area contributed by atoms with Gasteiger partial charge in [0.2, 0.25) is 11.0 Å². The molecule has 0 fully saturated rings. The number of carbonyl (C=O) groups is 2. The molecule has 9 heteroatoms. The van der Waals surface area contributed by atoms with Gasteiger partial charge in [0.05, 0.1) is 5.52 Å². The van der Waals surface area contributed by atoms with Crippen molar-refractivity contribution in [1.82, 2.24) is 4.98 Å². The number of amidine groups is 1. The maximum absolute atomic E-state index is 12.5. The van der Waals surface area contributed by atoms with E-state index < -0.39 is 11.2 Å². The zero-order valence-electron chi connectivity index (χ0n) is 15.2. The number of aromatic hydroxyl groups is 1. The van der Waals surface area contributed by atoms with Gasteiger partial charge in [-0.1, -0.05) is 41.6 Å². The second kappa shape index (κ2) is 7.81. The van der Waals surface area contributed by atoms with E-state index in [-0.39, 0.29) is 28.9 Å². The van der Waals surface area contributed by atoms with Gasteiger partial charge in [-0.05, 0) is 36.8 Å². The largest absolute Gasteiger partial charge is 0.493 e. The fourth-order valence-electron chi connectivity index (χ4n) is 2.96. The highest BCUT2D eigenvalue weighted by Crippen LogP contribution is 2.36. The van der Waals surface area contributed by atoms with E-state index in [0.29, 0.717) is 16.0 Å². The molecule has 1 aliphatic heterocycles. The number of hydrogen-bond acceptors (Lipinski definition) is 6. The molecule has 0 saturated carbocycles. The van der Waals surface area contributed by atoms with Crippen LogP contribution in [0.15, 0.2) is 57.7 Å². The lowest BCUT2D eigenvalue weighted by Crippen LogP contribution is -2.16. The number of H-pyrrole nitrogens is 1. The van der Waals surface area contributed by atoms with E-state index in [1.54, 1.807) is 30.3 Å². The normalized spacial score (nSPS) is 16.7. The molecule has 0 saturated heterocycles. The number of benzene rings is 2. The van der Waals surface area contributed by atoms with E-state index in [4.69, 9.17) is 11.6 Å². The van der Waals surface area contributed by atoms with Crippen molar-refractivity contribution in [3.05, 3.63) is 58.6 Å². The first-order valence-corrected chi connectivity index (χ1v) is 9.98. The summed E-state index contributed by atoms with van der Waals surface area (Å²) in [7, 11) is 0. The molecule has 0 spiro atoms. The number of carbonyl (C=O) groups excluding carboxylic acids is 2. The molecule has 3 aromatic rings. The minimum Gasteiger partial charge on any atom is -0.493 e. The van der Waals surface area contributed by atoms with E-state index in [1.807, 2.05) is 19.1 Å². The van der Waals surface area contributed by atoms with Crippen LogP contribution in [0, 0.1) is 6.92 Å². The number of aliphatic imine (C=N–C) groups is 1. The minimum absolute atomic E-state index is 0.00538. The summed E-state index contributed by atoms with van der Waals surface area (Å²) in [5.41, 5.74) is 2.29. The number of aromatic amines is 1. The first-order chi connectivity index (χ1) is 13.9. The maximum Gasteiger partial charge on any atom is 0.262 e. The number of ketones is 1. The predicted molar refractivity (Wildman–Crippen MR) is 113 cm³/mol. The molecule has 0 aliphatic carbocycles. The standard InChI is InChI=1S/C20H15ClN4O3S/c1-10-8-11(6-7-13(10)21)15(26)9-16-18(27)23-20(29-16)25-24-17-12-4-2-3-5-14(12)22-19(17)28/h2-8,16,22,28H,9H2,1H3. The number of nitrogens with zero attached hydrogens (tertiary/aromatic N) is 3. The monoisotopic (exact) mass is 426 g/mol. The number of nitrogens with one attached hydrogen (secondary N) is 1. The highest BCUT2D eigenvalue weighted by Gasteiger charge is 2.31. The van der Waals surface area contributed by atoms with Gasteiger partial charge >= 0.3 is 0 Å². The molecule has 2 N–H and O–H groups in total. The lowest BCUT2D eigenvalue weighted by molar-refractivity contribution is -0.117. The summed E-state index contributed by atoms with van der Waals surface area (Å²) in [5.74, 6) is -0.709. The Hall–Kier alpha value is -2.97. The quantitative estimate of drug-likeness (QED) is 0.442. The van der Waals surface area contributed by atoms with Gasteiger partial charge in [-0.2, -0.15) is 4.99 Å². The van der Waals surface area contributed by atoms with Crippen molar-refractivity contribution in [2.24, 2.45) is 15.2 Å². The Labute approximate surface area is 174 Å². The molecule has 1 aromatic heterocycles. The van der Waals surface area contributed by atoms with Crippen LogP contribution in [0.1, 0.15) is 22.3 Å². The highest BCUT2D eigenvalue weighted by molar-refractivity contribution is 8.15. The number of aryl methyl sites for hydroxylation is 1. The second-order valence-electron chi connectivity index (χ2n) is 6.50. The van der Waals surface area contributed by atoms with Crippen LogP contribution in [0.2, 0.25) is 5.02 Å². The Morgan fingerprint density at radius 1 is 1.28 bits per heavy atom. The molecule has 4 rings (SSSR count). The topological polar surface area (TPSA) is 107 Å². The maximum atomic E-state index is 12.5. The fourth-order valence-corrected chi connectivity index (χ4v) is 3.95. The molecule has 29 heavy (non-hydrogen) atoms. The Morgan fingerprint density at radius 2 is 2.07 bits per heavy atom. The van der Waals surface area contributed by atoms with Gasteiger partial charge in [0.15, 0.2) is 11.5 Å². The molecule has 146 valence electrons. The third-order valence-electron chi connectivity index (χ3n) is 4.47. The van der Waals surface area contributed by atoms with Gasteiger partial charge in [-0.25, -0.2) is 0 Å². The highest BCUT2D eigenvalue weighted by atomic mass is 35.5. The summed E-state index contributed by atoms with van der Waals surface area (Å²) in [5, 5.41) is 18.9. The van der Waals surface area contributed by atoms with Crippen LogP contribution in [0.25, 0.3) is 10.9 Å². The molecule has 2 aromatic carbocycles.